The lowest BCUT2D eigenvalue weighted by Gasteiger charge is -2.02. The third-order valence-corrected chi connectivity index (χ3v) is 2.79. The summed E-state index contributed by atoms with van der Waals surface area (Å²) in [5.74, 6) is -0.305. The van der Waals surface area contributed by atoms with Crippen LogP contribution in [0.5, 0.6) is 0 Å². The summed E-state index contributed by atoms with van der Waals surface area (Å²) in [5, 5.41) is 0.568. The number of hydrogen-bond donors (Lipinski definition) is 0. The molecule has 0 atom stereocenters. The fourth-order valence-electron chi connectivity index (χ4n) is 1.79. The van der Waals surface area contributed by atoms with E-state index in [1.807, 2.05) is 24.6 Å². The summed E-state index contributed by atoms with van der Waals surface area (Å²) in [4.78, 5) is 13.4. The molecule has 3 nitrogen and oxygen atoms in total. The van der Waals surface area contributed by atoms with Crippen LogP contribution in [-0.2, 0) is 18.4 Å². The topological polar surface area (TPSA) is 34.4 Å². The Labute approximate surface area is 92.2 Å². The molecule has 0 radical (unpaired) electrons. The first-order chi connectivity index (χ1) is 7.65. The van der Waals surface area contributed by atoms with Gasteiger partial charge in [0.25, 0.3) is 0 Å². The summed E-state index contributed by atoms with van der Waals surface area (Å²) in [6, 6.07) is 5.28. The molecule has 4 heteroatoms. The predicted octanol–water partition coefficient (Wildman–Crippen LogP) is 2.46. The maximum absolute atomic E-state index is 14.0. The van der Waals surface area contributed by atoms with Crippen molar-refractivity contribution in [3.05, 3.63) is 35.3 Å². The third kappa shape index (κ3) is 1.53. The first-order valence-electron chi connectivity index (χ1n) is 4.92. The number of aryl methyl sites for hydroxylation is 2. The van der Waals surface area contributed by atoms with Crippen LogP contribution < -0.4 is 0 Å². The van der Waals surface area contributed by atoms with Gasteiger partial charge >= 0.3 is 0 Å². The summed E-state index contributed by atoms with van der Waals surface area (Å²) in [6.07, 6.45) is 1.41. The maximum atomic E-state index is 14.0. The van der Waals surface area contributed by atoms with Gasteiger partial charge in [-0.3, -0.25) is 0 Å². The first kappa shape index (κ1) is 10.6. The molecule has 0 saturated heterocycles. The van der Waals surface area contributed by atoms with Crippen molar-refractivity contribution in [1.82, 2.24) is 4.57 Å². The van der Waals surface area contributed by atoms with Crippen LogP contribution in [0.3, 0.4) is 0 Å². The molecule has 0 fully saturated rings. The Morgan fingerprint density at radius 3 is 2.94 bits per heavy atom. The van der Waals surface area contributed by atoms with Gasteiger partial charge < -0.3 is 4.57 Å². The summed E-state index contributed by atoms with van der Waals surface area (Å²) in [5.41, 5.74) is 2.25. The number of halogens is 1. The van der Waals surface area contributed by atoms with E-state index in [0.717, 1.165) is 11.2 Å². The van der Waals surface area contributed by atoms with Gasteiger partial charge in [0.15, 0.2) is 0 Å². The minimum absolute atomic E-state index is 0.0409. The lowest BCUT2D eigenvalue weighted by atomic mass is 10.1. The molecule has 82 valence electrons. The Morgan fingerprint density at radius 2 is 2.25 bits per heavy atom. The summed E-state index contributed by atoms with van der Waals surface area (Å²) >= 11 is 0. The number of carbonyl (C=O) groups excluding carboxylic acids is 1. The zero-order valence-corrected chi connectivity index (χ0v) is 9.12. The molecule has 0 bridgehead atoms. The highest BCUT2D eigenvalue weighted by Gasteiger charge is 2.10. The van der Waals surface area contributed by atoms with Crippen molar-refractivity contribution in [2.24, 2.45) is 12.0 Å². The fourth-order valence-corrected chi connectivity index (χ4v) is 1.79. The van der Waals surface area contributed by atoms with Gasteiger partial charge in [0.1, 0.15) is 5.82 Å². The molecule has 0 amide bonds. The second-order valence-electron chi connectivity index (χ2n) is 3.72. The summed E-state index contributed by atoms with van der Waals surface area (Å²) in [6.45, 7) is 1.96. The second-order valence-corrected chi connectivity index (χ2v) is 3.72. The van der Waals surface area contributed by atoms with E-state index in [1.54, 1.807) is 12.1 Å². The first-order valence-corrected chi connectivity index (χ1v) is 4.92. The monoisotopic (exact) mass is 218 g/mol. The molecule has 1 aromatic carbocycles. The second kappa shape index (κ2) is 3.91. The van der Waals surface area contributed by atoms with Crippen molar-refractivity contribution in [1.29, 1.82) is 0 Å². The summed E-state index contributed by atoms with van der Waals surface area (Å²) < 4.78 is 15.9. The molecular formula is C12H11FN2O. The van der Waals surface area contributed by atoms with Crippen LogP contribution in [0.4, 0.5) is 4.39 Å². The molecule has 1 heterocycles. The van der Waals surface area contributed by atoms with Crippen LogP contribution in [0.25, 0.3) is 10.9 Å². The van der Waals surface area contributed by atoms with Gasteiger partial charge in [0.2, 0.25) is 6.08 Å². The zero-order chi connectivity index (χ0) is 11.7. The van der Waals surface area contributed by atoms with Crippen LogP contribution in [0, 0.1) is 12.7 Å². The van der Waals surface area contributed by atoms with Gasteiger partial charge in [0.05, 0.1) is 12.1 Å². The van der Waals surface area contributed by atoms with Crippen LogP contribution in [0.1, 0.15) is 11.3 Å². The SMILES string of the molecule is Cc1cc2c(F)c(CN=C=O)ccc2n1C. The number of aromatic nitrogens is 1. The van der Waals surface area contributed by atoms with E-state index in [4.69, 9.17) is 0 Å². The number of aliphatic imine (C=N–C) groups is 1. The minimum atomic E-state index is -0.305. The maximum Gasteiger partial charge on any atom is 0.235 e. The van der Waals surface area contributed by atoms with E-state index in [2.05, 4.69) is 4.99 Å². The predicted molar refractivity (Wildman–Crippen MR) is 59.4 cm³/mol. The molecule has 1 aromatic heterocycles. The molecule has 0 saturated carbocycles. The van der Waals surface area contributed by atoms with E-state index < -0.39 is 0 Å². The summed E-state index contributed by atoms with van der Waals surface area (Å²) in [7, 11) is 1.89. The average Bonchev–Trinajstić information content (AvgIpc) is 2.56. The van der Waals surface area contributed by atoms with Crippen molar-refractivity contribution in [3.63, 3.8) is 0 Å². The van der Waals surface area contributed by atoms with E-state index in [1.165, 1.54) is 6.08 Å². The quantitative estimate of drug-likeness (QED) is 0.563. The largest absolute Gasteiger partial charge is 0.348 e. The van der Waals surface area contributed by atoms with Gasteiger partial charge in [-0.2, -0.15) is 0 Å². The Balaban J connectivity index is 2.65. The average molecular weight is 218 g/mol. The standard InChI is InChI=1S/C12H11FN2O/c1-8-5-10-11(15(8)2)4-3-9(12(10)13)6-14-7-16/h3-5H,6H2,1-2H3. The molecule has 0 aliphatic carbocycles. The van der Waals surface area contributed by atoms with Gasteiger partial charge in [-0.15, -0.1) is 0 Å². The number of fused-ring (bicyclic) bond motifs is 1. The molecule has 0 unspecified atom stereocenters. The number of benzene rings is 1. The van der Waals surface area contributed by atoms with E-state index >= 15 is 0 Å². The number of hydrogen-bond acceptors (Lipinski definition) is 2. The smallest absolute Gasteiger partial charge is 0.235 e. The van der Waals surface area contributed by atoms with E-state index in [-0.39, 0.29) is 12.4 Å². The molecular weight excluding hydrogens is 207 g/mol. The van der Waals surface area contributed by atoms with Crippen molar-refractivity contribution in [2.75, 3.05) is 0 Å². The Morgan fingerprint density at radius 1 is 1.50 bits per heavy atom. The lowest BCUT2D eigenvalue weighted by Crippen LogP contribution is -1.92. The van der Waals surface area contributed by atoms with E-state index in [9.17, 15) is 9.18 Å². The van der Waals surface area contributed by atoms with Crippen molar-refractivity contribution in [3.8, 4) is 0 Å². The molecule has 0 aliphatic heterocycles. The fraction of sp³-hybridized carbons (Fsp3) is 0.250. The zero-order valence-electron chi connectivity index (χ0n) is 9.12. The van der Waals surface area contributed by atoms with Gasteiger partial charge in [-0.25, -0.2) is 14.2 Å². The Bertz CT molecular complexity index is 595. The minimum Gasteiger partial charge on any atom is -0.348 e. The lowest BCUT2D eigenvalue weighted by molar-refractivity contribution is 0.562. The van der Waals surface area contributed by atoms with Gasteiger partial charge in [0, 0.05) is 23.7 Å². The van der Waals surface area contributed by atoms with Crippen LogP contribution in [0.15, 0.2) is 23.2 Å². The normalized spacial score (nSPS) is 10.4. The number of rotatable bonds is 2. The van der Waals surface area contributed by atoms with Crippen LogP contribution in [0.2, 0.25) is 0 Å². The molecule has 0 N–H and O–H groups in total. The van der Waals surface area contributed by atoms with Crippen LogP contribution >= 0.6 is 0 Å². The molecule has 2 aromatic rings. The van der Waals surface area contributed by atoms with Gasteiger partial charge in [-0.05, 0) is 19.1 Å². The van der Waals surface area contributed by atoms with Crippen LogP contribution in [-0.4, -0.2) is 10.6 Å². The molecule has 16 heavy (non-hydrogen) atoms. The molecule has 2 rings (SSSR count). The Kier molecular flexibility index (Phi) is 2.59. The number of nitrogens with zero attached hydrogens (tertiary/aromatic N) is 2. The van der Waals surface area contributed by atoms with E-state index in [0.29, 0.717) is 10.9 Å². The Hall–Kier alpha value is -1.93. The highest BCUT2D eigenvalue weighted by Crippen LogP contribution is 2.24. The molecule has 0 aliphatic rings. The van der Waals surface area contributed by atoms with Crippen molar-refractivity contribution in [2.45, 2.75) is 13.5 Å². The number of isocyanates is 1. The highest BCUT2D eigenvalue weighted by molar-refractivity contribution is 5.82. The van der Waals surface area contributed by atoms with Crippen molar-refractivity contribution < 1.29 is 9.18 Å². The van der Waals surface area contributed by atoms with Crippen molar-refractivity contribution >= 4 is 17.0 Å². The third-order valence-electron chi connectivity index (χ3n) is 2.79. The molecule has 0 spiro atoms. The highest BCUT2D eigenvalue weighted by atomic mass is 19.1. The van der Waals surface area contributed by atoms with Gasteiger partial charge in [-0.1, -0.05) is 6.07 Å².